The Kier molecular flexibility index (Phi) is 4.88. The maximum Gasteiger partial charge on any atom is 0.236 e. The van der Waals surface area contributed by atoms with Crippen LogP contribution in [-0.2, 0) is 14.2 Å². The van der Waals surface area contributed by atoms with Crippen LogP contribution in [0.3, 0.4) is 0 Å². The minimum atomic E-state index is -0.839. The van der Waals surface area contributed by atoms with Crippen molar-refractivity contribution in [3.8, 4) is 23.7 Å². The summed E-state index contributed by atoms with van der Waals surface area (Å²) in [5.41, 5.74) is 0. The zero-order valence-corrected chi connectivity index (χ0v) is 11.9. The minimum Gasteiger partial charge on any atom is -0.340 e. The van der Waals surface area contributed by atoms with Gasteiger partial charge in [-0.15, -0.1) is 11.8 Å². The molecule has 2 saturated heterocycles. The summed E-state index contributed by atoms with van der Waals surface area (Å²) in [4.78, 5) is 0. The van der Waals surface area contributed by atoms with E-state index in [0.717, 1.165) is 38.5 Å². The quantitative estimate of drug-likeness (QED) is 0.716. The zero-order valence-electron chi connectivity index (χ0n) is 11.9. The molecule has 3 heteroatoms. The van der Waals surface area contributed by atoms with Gasteiger partial charge in [0.15, 0.2) is 0 Å². The first-order valence-electron chi connectivity index (χ1n) is 7.10. The van der Waals surface area contributed by atoms with Crippen LogP contribution in [0.1, 0.15) is 52.4 Å². The molecule has 2 heterocycles. The Bertz CT molecular complexity index is 367. The highest BCUT2D eigenvalue weighted by Gasteiger charge is 2.44. The number of ether oxygens (including phenoxy) is 3. The molecule has 0 bridgehead atoms. The summed E-state index contributed by atoms with van der Waals surface area (Å²) in [7, 11) is 0. The van der Waals surface area contributed by atoms with Gasteiger partial charge in [0.05, 0.1) is 13.2 Å². The Morgan fingerprint density at radius 3 is 1.58 bits per heavy atom. The van der Waals surface area contributed by atoms with Crippen LogP contribution in [0.5, 0.6) is 0 Å². The van der Waals surface area contributed by atoms with Crippen LogP contribution < -0.4 is 0 Å². The predicted octanol–water partition coefficient (Wildman–Crippen LogP) is 2.84. The van der Waals surface area contributed by atoms with Crippen molar-refractivity contribution in [2.24, 2.45) is 0 Å². The van der Waals surface area contributed by atoms with E-state index < -0.39 is 11.6 Å². The molecule has 0 aromatic heterocycles. The topological polar surface area (TPSA) is 27.7 Å². The highest BCUT2D eigenvalue weighted by atomic mass is 16.8. The standard InChI is InChI=1S/C16H22O3/c1-3-9-15(11-5-7-13-17-15)19-16(10-4-2)12-6-8-14-18-16/h5-8,11-14H2,1-2H3. The first-order chi connectivity index (χ1) is 9.24. The maximum absolute atomic E-state index is 6.20. The summed E-state index contributed by atoms with van der Waals surface area (Å²) in [6, 6.07) is 0. The molecule has 3 nitrogen and oxygen atoms in total. The van der Waals surface area contributed by atoms with Crippen molar-refractivity contribution in [1.29, 1.82) is 0 Å². The number of hydrogen-bond donors (Lipinski definition) is 0. The molecule has 2 aliphatic heterocycles. The van der Waals surface area contributed by atoms with Gasteiger partial charge in [-0.1, -0.05) is 0 Å². The Morgan fingerprint density at radius 1 is 0.789 bits per heavy atom. The molecule has 0 aliphatic carbocycles. The molecule has 0 amide bonds. The fraction of sp³-hybridized carbons (Fsp3) is 0.750. The highest BCUT2D eigenvalue weighted by molar-refractivity contribution is 5.15. The molecule has 2 atom stereocenters. The van der Waals surface area contributed by atoms with Gasteiger partial charge in [0.2, 0.25) is 11.6 Å². The fourth-order valence-corrected chi connectivity index (χ4v) is 2.59. The molecular formula is C16H22O3. The zero-order chi connectivity index (χ0) is 13.6. The van der Waals surface area contributed by atoms with Crippen LogP contribution in [0.25, 0.3) is 0 Å². The van der Waals surface area contributed by atoms with Crippen molar-refractivity contribution in [2.75, 3.05) is 13.2 Å². The largest absolute Gasteiger partial charge is 0.340 e. The third-order valence-corrected chi connectivity index (χ3v) is 3.43. The van der Waals surface area contributed by atoms with Gasteiger partial charge in [-0.3, -0.25) is 4.74 Å². The second-order valence-electron chi connectivity index (χ2n) is 4.97. The van der Waals surface area contributed by atoms with Gasteiger partial charge in [-0.25, -0.2) is 0 Å². The molecule has 0 N–H and O–H groups in total. The average Bonchev–Trinajstić information content (AvgIpc) is 2.41. The fourth-order valence-electron chi connectivity index (χ4n) is 2.59. The average molecular weight is 262 g/mol. The van der Waals surface area contributed by atoms with E-state index in [9.17, 15) is 0 Å². The van der Waals surface area contributed by atoms with Crippen LogP contribution in [0, 0.1) is 23.7 Å². The summed E-state index contributed by atoms with van der Waals surface area (Å²) in [6.45, 7) is 4.99. The first kappa shape index (κ1) is 14.4. The molecule has 2 fully saturated rings. The summed E-state index contributed by atoms with van der Waals surface area (Å²) in [5.74, 6) is 10.3. The Morgan fingerprint density at radius 2 is 1.26 bits per heavy atom. The molecule has 104 valence electrons. The van der Waals surface area contributed by atoms with E-state index in [-0.39, 0.29) is 0 Å². The third-order valence-electron chi connectivity index (χ3n) is 3.43. The monoisotopic (exact) mass is 262 g/mol. The summed E-state index contributed by atoms with van der Waals surface area (Å²) < 4.78 is 17.9. The smallest absolute Gasteiger partial charge is 0.236 e. The van der Waals surface area contributed by atoms with Crippen molar-refractivity contribution in [3.63, 3.8) is 0 Å². The van der Waals surface area contributed by atoms with Crippen LogP contribution in [0.2, 0.25) is 0 Å². The lowest BCUT2D eigenvalue weighted by Gasteiger charge is -2.41. The lowest BCUT2D eigenvalue weighted by molar-refractivity contribution is -0.331. The van der Waals surface area contributed by atoms with E-state index in [1.807, 2.05) is 13.8 Å². The van der Waals surface area contributed by atoms with Gasteiger partial charge in [-0.2, -0.15) is 0 Å². The first-order valence-corrected chi connectivity index (χ1v) is 7.10. The van der Waals surface area contributed by atoms with E-state index in [2.05, 4.69) is 23.7 Å². The minimum absolute atomic E-state index is 0.685. The van der Waals surface area contributed by atoms with E-state index >= 15 is 0 Å². The normalized spacial score (nSPS) is 34.6. The van der Waals surface area contributed by atoms with Gasteiger partial charge in [0.1, 0.15) is 0 Å². The molecule has 0 radical (unpaired) electrons. The van der Waals surface area contributed by atoms with Crippen LogP contribution in [0.4, 0.5) is 0 Å². The summed E-state index contributed by atoms with van der Waals surface area (Å²) >= 11 is 0. The van der Waals surface area contributed by atoms with Gasteiger partial charge in [0, 0.05) is 12.8 Å². The van der Waals surface area contributed by atoms with Gasteiger partial charge in [-0.05, 0) is 51.4 Å². The van der Waals surface area contributed by atoms with Crippen LogP contribution >= 0.6 is 0 Å². The van der Waals surface area contributed by atoms with Gasteiger partial charge in [0.25, 0.3) is 0 Å². The maximum atomic E-state index is 6.20. The lowest BCUT2D eigenvalue weighted by Crippen LogP contribution is -2.49. The molecule has 2 rings (SSSR count). The Balaban J connectivity index is 2.20. The van der Waals surface area contributed by atoms with Gasteiger partial charge >= 0.3 is 0 Å². The van der Waals surface area contributed by atoms with Crippen LogP contribution in [-0.4, -0.2) is 24.8 Å². The van der Waals surface area contributed by atoms with E-state index in [1.165, 1.54) is 0 Å². The highest BCUT2D eigenvalue weighted by Crippen LogP contribution is 2.35. The van der Waals surface area contributed by atoms with Crippen molar-refractivity contribution < 1.29 is 14.2 Å². The third kappa shape index (κ3) is 3.51. The lowest BCUT2D eigenvalue weighted by atomic mass is 10.0. The molecule has 2 unspecified atom stereocenters. The second-order valence-corrected chi connectivity index (χ2v) is 4.97. The van der Waals surface area contributed by atoms with Crippen LogP contribution in [0.15, 0.2) is 0 Å². The predicted molar refractivity (Wildman–Crippen MR) is 73.1 cm³/mol. The summed E-state index contributed by atoms with van der Waals surface area (Å²) in [5, 5.41) is 0. The molecular weight excluding hydrogens is 240 g/mol. The van der Waals surface area contributed by atoms with E-state index in [0.29, 0.717) is 13.2 Å². The Hall–Kier alpha value is -1.00. The number of hydrogen-bond acceptors (Lipinski definition) is 3. The summed E-state index contributed by atoms with van der Waals surface area (Å²) in [6.07, 6.45) is 5.80. The van der Waals surface area contributed by atoms with Crippen molar-refractivity contribution >= 4 is 0 Å². The molecule has 0 saturated carbocycles. The molecule has 19 heavy (non-hydrogen) atoms. The second kappa shape index (κ2) is 6.44. The molecule has 0 aromatic carbocycles. The van der Waals surface area contributed by atoms with Crippen molar-refractivity contribution in [1.82, 2.24) is 0 Å². The molecule has 2 aliphatic rings. The number of rotatable bonds is 2. The van der Waals surface area contributed by atoms with E-state index in [4.69, 9.17) is 14.2 Å². The SMILES string of the molecule is CC#CC1(OC2(C#CC)CCCCO2)CCCCO1. The molecule has 0 aromatic rings. The van der Waals surface area contributed by atoms with Crippen molar-refractivity contribution in [3.05, 3.63) is 0 Å². The van der Waals surface area contributed by atoms with Crippen molar-refractivity contribution in [2.45, 2.75) is 63.9 Å². The molecule has 0 spiro atoms. The van der Waals surface area contributed by atoms with Gasteiger partial charge < -0.3 is 9.47 Å². The Labute approximate surface area is 116 Å². The van der Waals surface area contributed by atoms with E-state index in [1.54, 1.807) is 0 Å².